The molecule has 0 aromatic heterocycles. The van der Waals surface area contributed by atoms with Gasteiger partial charge < -0.3 is 19.5 Å². The Balaban J connectivity index is 2.79. The monoisotopic (exact) mass is 363 g/mol. The Hall–Kier alpha value is -1.80. The number of methoxy groups -OCH3 is 1. The fourth-order valence-electron chi connectivity index (χ4n) is 2.05. The lowest BCUT2D eigenvalue weighted by Gasteiger charge is -2.24. The predicted molar refractivity (Wildman–Crippen MR) is 85.6 cm³/mol. The average Bonchev–Trinajstić information content (AvgIpc) is 2.47. The number of amides is 1. The topological polar surface area (TPSA) is 56.8 Å². The molecule has 5 nitrogen and oxygen atoms in total. The molecule has 1 aromatic carbocycles. The highest BCUT2D eigenvalue weighted by atomic mass is 19.2. The summed E-state index contributed by atoms with van der Waals surface area (Å²) in [5.74, 6) is -3.29. The van der Waals surface area contributed by atoms with Crippen molar-refractivity contribution in [2.24, 2.45) is 0 Å². The number of halogens is 3. The van der Waals surface area contributed by atoms with E-state index in [0.29, 0.717) is 12.5 Å². The van der Waals surface area contributed by atoms with Crippen molar-refractivity contribution in [3.8, 4) is 0 Å². The molecule has 0 heterocycles. The minimum Gasteiger partial charge on any atom is -0.444 e. The molecule has 142 valence electrons. The normalized spacial score (nSPS) is 12.8. The molecule has 1 aromatic rings. The molecule has 0 unspecified atom stereocenters. The Kier molecular flexibility index (Phi) is 8.18. The van der Waals surface area contributed by atoms with Gasteiger partial charge in [0, 0.05) is 19.2 Å². The van der Waals surface area contributed by atoms with Gasteiger partial charge in [-0.1, -0.05) is 0 Å². The van der Waals surface area contributed by atoms with Crippen LogP contribution < -0.4 is 5.32 Å². The summed E-state index contributed by atoms with van der Waals surface area (Å²) >= 11 is 0. The van der Waals surface area contributed by atoms with Crippen LogP contribution in [0, 0.1) is 17.5 Å². The van der Waals surface area contributed by atoms with Gasteiger partial charge in [-0.3, -0.25) is 0 Å². The van der Waals surface area contributed by atoms with Crippen LogP contribution in [0.1, 0.15) is 32.8 Å². The summed E-state index contributed by atoms with van der Waals surface area (Å²) in [6, 6.07) is 0.673. The summed E-state index contributed by atoms with van der Waals surface area (Å²) in [6.45, 7) is 5.41. The Morgan fingerprint density at radius 2 is 1.80 bits per heavy atom. The van der Waals surface area contributed by atoms with E-state index in [1.807, 2.05) is 0 Å². The lowest BCUT2D eigenvalue weighted by Crippen LogP contribution is -2.41. The number of nitrogens with one attached hydrogen (secondary N) is 1. The number of carbonyl (C=O) groups is 1. The molecule has 1 atom stereocenters. The average molecular weight is 363 g/mol. The number of benzene rings is 1. The standard InChI is InChI=1S/C17H24F3NO4/c1-17(2,3)25-16(22)21-12(5-6-24-10-23-4)7-11-8-14(19)15(20)9-13(11)18/h8-9,12H,5-7,10H2,1-4H3,(H,21,22)/t12-/m0/s1. The molecule has 0 saturated heterocycles. The molecule has 0 saturated carbocycles. The first-order valence-electron chi connectivity index (χ1n) is 7.82. The molecule has 0 aliphatic heterocycles. The molecule has 1 amide bonds. The number of rotatable bonds is 8. The second-order valence-electron chi connectivity index (χ2n) is 6.51. The molecule has 25 heavy (non-hydrogen) atoms. The first-order chi connectivity index (χ1) is 11.6. The summed E-state index contributed by atoms with van der Waals surface area (Å²) in [5.41, 5.74) is -0.749. The van der Waals surface area contributed by atoms with Crippen LogP contribution >= 0.6 is 0 Å². The van der Waals surface area contributed by atoms with Crippen molar-refractivity contribution in [2.75, 3.05) is 20.5 Å². The van der Waals surface area contributed by atoms with E-state index >= 15 is 0 Å². The van der Waals surface area contributed by atoms with E-state index in [1.54, 1.807) is 20.8 Å². The van der Waals surface area contributed by atoms with Crippen molar-refractivity contribution in [2.45, 2.75) is 45.3 Å². The second kappa shape index (κ2) is 9.62. The third kappa shape index (κ3) is 8.22. The number of carbonyl (C=O) groups excluding carboxylic acids is 1. The number of hydrogen-bond donors (Lipinski definition) is 1. The van der Waals surface area contributed by atoms with Gasteiger partial charge in [0.1, 0.15) is 18.2 Å². The summed E-state index contributed by atoms with van der Waals surface area (Å²) in [4.78, 5) is 11.9. The van der Waals surface area contributed by atoms with Crippen LogP contribution in [0.5, 0.6) is 0 Å². The lowest BCUT2D eigenvalue weighted by molar-refractivity contribution is -0.0332. The fraction of sp³-hybridized carbons (Fsp3) is 0.588. The van der Waals surface area contributed by atoms with Crippen LogP contribution in [-0.2, 0) is 20.6 Å². The molecule has 0 aliphatic rings. The highest BCUT2D eigenvalue weighted by Crippen LogP contribution is 2.17. The fourth-order valence-corrected chi connectivity index (χ4v) is 2.05. The maximum atomic E-state index is 13.8. The number of ether oxygens (including phenoxy) is 3. The summed E-state index contributed by atoms with van der Waals surface area (Å²) in [5, 5.41) is 2.60. The zero-order valence-corrected chi connectivity index (χ0v) is 14.8. The molecule has 0 radical (unpaired) electrons. The van der Waals surface area contributed by atoms with Crippen LogP contribution in [0.2, 0.25) is 0 Å². The maximum absolute atomic E-state index is 13.8. The van der Waals surface area contributed by atoms with E-state index < -0.39 is 35.2 Å². The predicted octanol–water partition coefficient (Wildman–Crippen LogP) is 3.55. The molecule has 0 bridgehead atoms. The van der Waals surface area contributed by atoms with Gasteiger partial charge in [-0.2, -0.15) is 0 Å². The van der Waals surface area contributed by atoms with Gasteiger partial charge in [0.05, 0.1) is 6.61 Å². The summed E-state index contributed by atoms with van der Waals surface area (Å²) < 4.78 is 55.3. The Morgan fingerprint density at radius 3 is 2.40 bits per heavy atom. The van der Waals surface area contributed by atoms with Crippen molar-refractivity contribution in [1.82, 2.24) is 5.32 Å². The molecule has 8 heteroatoms. The molecule has 0 spiro atoms. The van der Waals surface area contributed by atoms with Gasteiger partial charge in [0.25, 0.3) is 0 Å². The van der Waals surface area contributed by atoms with Gasteiger partial charge in [-0.15, -0.1) is 0 Å². The van der Waals surface area contributed by atoms with Crippen molar-refractivity contribution < 1.29 is 32.2 Å². The minimum atomic E-state index is -1.26. The van der Waals surface area contributed by atoms with E-state index in [4.69, 9.17) is 14.2 Å². The van der Waals surface area contributed by atoms with E-state index in [0.717, 1.165) is 6.07 Å². The molecule has 1 rings (SSSR count). The highest BCUT2D eigenvalue weighted by molar-refractivity contribution is 5.68. The molecular weight excluding hydrogens is 339 g/mol. The quantitative estimate of drug-likeness (QED) is 0.436. The zero-order chi connectivity index (χ0) is 19.0. The number of hydrogen-bond acceptors (Lipinski definition) is 4. The van der Waals surface area contributed by atoms with Crippen LogP contribution in [0.4, 0.5) is 18.0 Å². The lowest BCUT2D eigenvalue weighted by atomic mass is 10.0. The maximum Gasteiger partial charge on any atom is 0.407 e. The molecule has 1 N–H and O–H groups in total. The SMILES string of the molecule is COCOCC[C@@H](Cc1cc(F)c(F)cc1F)NC(=O)OC(C)(C)C. The van der Waals surface area contributed by atoms with Gasteiger partial charge in [-0.25, -0.2) is 18.0 Å². The Bertz CT molecular complexity index is 576. The van der Waals surface area contributed by atoms with Gasteiger partial charge >= 0.3 is 6.09 Å². The third-order valence-electron chi connectivity index (χ3n) is 3.09. The number of alkyl carbamates (subject to hydrolysis) is 1. The molecule has 0 aliphatic carbocycles. The first kappa shape index (κ1) is 21.2. The Morgan fingerprint density at radius 1 is 1.16 bits per heavy atom. The first-order valence-corrected chi connectivity index (χ1v) is 7.82. The van der Waals surface area contributed by atoms with Crippen molar-refractivity contribution in [3.05, 3.63) is 35.1 Å². The Labute approximate surface area is 145 Å². The van der Waals surface area contributed by atoms with Gasteiger partial charge in [0.15, 0.2) is 11.6 Å². The van der Waals surface area contributed by atoms with Crippen molar-refractivity contribution in [3.63, 3.8) is 0 Å². The van der Waals surface area contributed by atoms with E-state index in [1.165, 1.54) is 7.11 Å². The minimum absolute atomic E-state index is 0.0430. The van der Waals surface area contributed by atoms with Crippen LogP contribution in [0.3, 0.4) is 0 Å². The van der Waals surface area contributed by atoms with E-state index in [-0.39, 0.29) is 25.4 Å². The van der Waals surface area contributed by atoms with Gasteiger partial charge in [-0.05, 0) is 45.2 Å². The third-order valence-corrected chi connectivity index (χ3v) is 3.09. The second-order valence-corrected chi connectivity index (χ2v) is 6.51. The van der Waals surface area contributed by atoms with Crippen LogP contribution in [-0.4, -0.2) is 38.2 Å². The highest BCUT2D eigenvalue weighted by Gasteiger charge is 2.21. The smallest absolute Gasteiger partial charge is 0.407 e. The largest absolute Gasteiger partial charge is 0.444 e. The van der Waals surface area contributed by atoms with Gasteiger partial charge in [0.2, 0.25) is 0 Å². The zero-order valence-electron chi connectivity index (χ0n) is 14.8. The summed E-state index contributed by atoms with van der Waals surface area (Å²) in [6.07, 6.45) is -0.424. The van der Waals surface area contributed by atoms with E-state index in [2.05, 4.69) is 5.32 Å². The van der Waals surface area contributed by atoms with E-state index in [9.17, 15) is 18.0 Å². The van der Waals surface area contributed by atoms with Crippen molar-refractivity contribution >= 4 is 6.09 Å². The molecule has 0 fully saturated rings. The van der Waals surface area contributed by atoms with Crippen molar-refractivity contribution in [1.29, 1.82) is 0 Å². The van der Waals surface area contributed by atoms with Crippen LogP contribution in [0.15, 0.2) is 12.1 Å². The summed E-state index contributed by atoms with van der Waals surface area (Å²) in [7, 11) is 1.47. The molecular formula is C17H24F3NO4. The van der Waals surface area contributed by atoms with Crippen LogP contribution in [0.25, 0.3) is 0 Å².